The van der Waals surface area contributed by atoms with Crippen LogP contribution in [0.2, 0.25) is 0 Å². The summed E-state index contributed by atoms with van der Waals surface area (Å²) in [5.74, 6) is 0.627. The monoisotopic (exact) mass is 156 g/mol. The summed E-state index contributed by atoms with van der Waals surface area (Å²) in [7, 11) is 1.53. The molecule has 0 atom stereocenters. The van der Waals surface area contributed by atoms with Crippen LogP contribution in [0.25, 0.3) is 0 Å². The number of rotatable bonds is 2. The average Bonchev–Trinajstić information content (AvgIpc) is 1.88. The van der Waals surface area contributed by atoms with E-state index in [4.69, 9.17) is 0 Å². The molecule has 0 aliphatic rings. The van der Waals surface area contributed by atoms with Crippen LogP contribution in [0.1, 0.15) is 5.69 Å². The molecule has 0 saturated carbocycles. The molecule has 5 nitrogen and oxygen atoms in total. The standard InChI is InChI=1S/C6H9N3O.H3N/c1-5-3-7-4-6(8-5)9-10-2;/h3-4H,1-2H3,(H,8,9);1H3. The van der Waals surface area contributed by atoms with Crippen molar-refractivity contribution in [2.45, 2.75) is 6.92 Å². The van der Waals surface area contributed by atoms with Gasteiger partial charge in [0.1, 0.15) is 0 Å². The predicted octanol–water partition coefficient (Wildman–Crippen LogP) is 0.920. The molecule has 0 aliphatic carbocycles. The number of aromatic nitrogens is 2. The van der Waals surface area contributed by atoms with Gasteiger partial charge in [-0.1, -0.05) is 0 Å². The second-order valence-electron chi connectivity index (χ2n) is 1.85. The van der Waals surface area contributed by atoms with Crippen molar-refractivity contribution >= 4 is 5.82 Å². The Bertz CT molecular complexity index is 215. The second-order valence-corrected chi connectivity index (χ2v) is 1.85. The lowest BCUT2D eigenvalue weighted by molar-refractivity contribution is 0.269. The molecular weight excluding hydrogens is 144 g/mol. The zero-order valence-corrected chi connectivity index (χ0v) is 6.66. The SMILES string of the molecule is CONc1cncc(C)n1.N. The Balaban J connectivity index is 0.000001000. The van der Waals surface area contributed by atoms with Gasteiger partial charge in [-0.15, -0.1) is 0 Å². The summed E-state index contributed by atoms with van der Waals surface area (Å²) in [5.41, 5.74) is 3.44. The van der Waals surface area contributed by atoms with Crippen molar-refractivity contribution in [3.8, 4) is 0 Å². The largest absolute Gasteiger partial charge is 0.344 e. The molecular formula is C6H12N4O. The van der Waals surface area contributed by atoms with Gasteiger partial charge in [0.05, 0.1) is 19.0 Å². The van der Waals surface area contributed by atoms with E-state index in [1.807, 2.05) is 6.92 Å². The lowest BCUT2D eigenvalue weighted by Crippen LogP contribution is -1.99. The highest BCUT2D eigenvalue weighted by Gasteiger charge is 1.90. The van der Waals surface area contributed by atoms with Gasteiger partial charge in [-0.2, -0.15) is 0 Å². The minimum Gasteiger partial charge on any atom is -0.344 e. The molecule has 4 N–H and O–H groups in total. The summed E-state index contributed by atoms with van der Waals surface area (Å²) in [6.45, 7) is 1.87. The molecule has 11 heavy (non-hydrogen) atoms. The fourth-order valence-corrected chi connectivity index (χ4v) is 0.617. The summed E-state index contributed by atoms with van der Waals surface area (Å²) in [6, 6.07) is 0. The van der Waals surface area contributed by atoms with E-state index in [2.05, 4.69) is 20.3 Å². The Kier molecular flexibility index (Phi) is 4.09. The first-order valence-corrected chi connectivity index (χ1v) is 2.90. The molecule has 1 aromatic heterocycles. The molecule has 62 valence electrons. The van der Waals surface area contributed by atoms with Crippen molar-refractivity contribution < 1.29 is 4.84 Å². The summed E-state index contributed by atoms with van der Waals surface area (Å²) in [5, 5.41) is 0. The highest BCUT2D eigenvalue weighted by molar-refractivity contribution is 5.27. The third-order valence-corrected chi connectivity index (χ3v) is 0.962. The Morgan fingerprint density at radius 1 is 1.45 bits per heavy atom. The van der Waals surface area contributed by atoms with Crippen molar-refractivity contribution in [1.82, 2.24) is 16.1 Å². The van der Waals surface area contributed by atoms with Crippen molar-refractivity contribution in [1.29, 1.82) is 0 Å². The van der Waals surface area contributed by atoms with Crippen LogP contribution >= 0.6 is 0 Å². The van der Waals surface area contributed by atoms with Crippen LogP contribution < -0.4 is 11.6 Å². The smallest absolute Gasteiger partial charge is 0.168 e. The number of nitrogens with zero attached hydrogens (tertiary/aromatic N) is 2. The predicted molar refractivity (Wildman–Crippen MR) is 42.4 cm³/mol. The molecule has 1 aromatic rings. The third-order valence-electron chi connectivity index (χ3n) is 0.962. The molecule has 0 amide bonds. The molecule has 0 bridgehead atoms. The van der Waals surface area contributed by atoms with Gasteiger partial charge in [0, 0.05) is 6.20 Å². The van der Waals surface area contributed by atoms with E-state index in [1.54, 1.807) is 12.4 Å². The maximum atomic E-state index is 4.63. The van der Waals surface area contributed by atoms with E-state index in [-0.39, 0.29) is 6.15 Å². The minimum absolute atomic E-state index is 0. The van der Waals surface area contributed by atoms with E-state index < -0.39 is 0 Å². The Hall–Kier alpha value is -1.20. The average molecular weight is 156 g/mol. The molecule has 0 aromatic carbocycles. The molecule has 0 spiro atoms. The summed E-state index contributed by atoms with van der Waals surface area (Å²) in [6.07, 6.45) is 3.28. The Morgan fingerprint density at radius 3 is 2.73 bits per heavy atom. The molecule has 0 aliphatic heterocycles. The lowest BCUT2D eigenvalue weighted by atomic mass is 10.5. The highest BCUT2D eigenvalue weighted by Crippen LogP contribution is 1.99. The maximum Gasteiger partial charge on any atom is 0.168 e. The van der Waals surface area contributed by atoms with E-state index in [0.717, 1.165) is 5.69 Å². The molecule has 1 heterocycles. The van der Waals surface area contributed by atoms with Gasteiger partial charge in [0.15, 0.2) is 5.82 Å². The zero-order chi connectivity index (χ0) is 7.40. The molecule has 5 heteroatoms. The molecule has 0 unspecified atom stereocenters. The fraction of sp³-hybridized carbons (Fsp3) is 0.333. The van der Waals surface area contributed by atoms with Crippen molar-refractivity contribution in [3.63, 3.8) is 0 Å². The number of aryl methyl sites for hydroxylation is 1. The van der Waals surface area contributed by atoms with Gasteiger partial charge < -0.3 is 6.15 Å². The summed E-state index contributed by atoms with van der Waals surface area (Å²) in [4.78, 5) is 12.6. The first-order valence-electron chi connectivity index (χ1n) is 2.90. The highest BCUT2D eigenvalue weighted by atomic mass is 16.6. The van der Waals surface area contributed by atoms with Crippen LogP contribution in [0.3, 0.4) is 0 Å². The van der Waals surface area contributed by atoms with Crippen molar-refractivity contribution in [2.24, 2.45) is 0 Å². The van der Waals surface area contributed by atoms with Gasteiger partial charge in [0.25, 0.3) is 0 Å². The second kappa shape index (κ2) is 4.59. The molecule has 0 radical (unpaired) electrons. The van der Waals surface area contributed by atoms with Crippen molar-refractivity contribution in [2.75, 3.05) is 12.6 Å². The van der Waals surface area contributed by atoms with Crippen LogP contribution in [-0.4, -0.2) is 17.1 Å². The fourth-order valence-electron chi connectivity index (χ4n) is 0.617. The number of nitrogens with one attached hydrogen (secondary N) is 1. The number of anilines is 1. The quantitative estimate of drug-likeness (QED) is 0.622. The first kappa shape index (κ1) is 9.80. The number of hydrogen-bond donors (Lipinski definition) is 2. The van der Waals surface area contributed by atoms with Gasteiger partial charge in [-0.05, 0) is 6.92 Å². The summed E-state index contributed by atoms with van der Waals surface area (Å²) < 4.78 is 0. The van der Waals surface area contributed by atoms with E-state index in [9.17, 15) is 0 Å². The van der Waals surface area contributed by atoms with Crippen LogP contribution in [0, 0.1) is 6.92 Å². The summed E-state index contributed by atoms with van der Waals surface area (Å²) >= 11 is 0. The first-order chi connectivity index (χ1) is 4.83. The minimum atomic E-state index is 0. The van der Waals surface area contributed by atoms with Gasteiger partial charge >= 0.3 is 0 Å². The van der Waals surface area contributed by atoms with Crippen LogP contribution in [0.15, 0.2) is 12.4 Å². The van der Waals surface area contributed by atoms with Crippen LogP contribution in [-0.2, 0) is 4.84 Å². The zero-order valence-electron chi connectivity index (χ0n) is 6.66. The van der Waals surface area contributed by atoms with Crippen LogP contribution in [0.5, 0.6) is 0 Å². The molecule has 1 rings (SSSR count). The Morgan fingerprint density at radius 2 is 2.18 bits per heavy atom. The molecule has 0 fully saturated rings. The van der Waals surface area contributed by atoms with E-state index in [1.165, 1.54) is 7.11 Å². The van der Waals surface area contributed by atoms with Crippen molar-refractivity contribution in [3.05, 3.63) is 18.1 Å². The molecule has 0 saturated heterocycles. The van der Waals surface area contributed by atoms with Gasteiger partial charge in [-0.25, -0.2) is 10.5 Å². The van der Waals surface area contributed by atoms with Crippen LogP contribution in [0.4, 0.5) is 5.82 Å². The maximum absolute atomic E-state index is 4.63. The third kappa shape index (κ3) is 2.92. The van der Waals surface area contributed by atoms with E-state index in [0.29, 0.717) is 5.82 Å². The lowest BCUT2D eigenvalue weighted by Gasteiger charge is -2.00. The Labute approximate surface area is 65.4 Å². The van der Waals surface area contributed by atoms with E-state index >= 15 is 0 Å². The van der Waals surface area contributed by atoms with Gasteiger partial charge in [0.2, 0.25) is 0 Å². The topological polar surface area (TPSA) is 82.0 Å². The van der Waals surface area contributed by atoms with Gasteiger partial charge in [-0.3, -0.25) is 9.82 Å². The number of hydrogen-bond acceptors (Lipinski definition) is 5. The normalized spacial score (nSPS) is 8.55.